The van der Waals surface area contributed by atoms with Crippen molar-refractivity contribution in [2.24, 2.45) is 5.84 Å². The van der Waals surface area contributed by atoms with Crippen LogP contribution in [0.2, 0.25) is 0 Å². The molecule has 0 aliphatic heterocycles. The summed E-state index contributed by atoms with van der Waals surface area (Å²) >= 11 is 1.93. The molecule has 1 aromatic rings. The molecular weight excluding hydrogens is 270 g/mol. The number of aryl methyl sites for hydroxylation is 1. The highest BCUT2D eigenvalue weighted by Crippen LogP contribution is 2.27. The Kier molecular flexibility index (Phi) is 5.31. The number of carbonyl (C=O) groups excluding carboxylic acids is 1. The number of hydrogen-bond donors (Lipinski definition) is 3. The van der Waals surface area contributed by atoms with Crippen LogP contribution in [0.3, 0.4) is 0 Å². The van der Waals surface area contributed by atoms with Crippen molar-refractivity contribution >= 4 is 23.4 Å². The van der Waals surface area contributed by atoms with Gasteiger partial charge in [-0.2, -0.15) is 11.8 Å². The number of hydrogen-bond acceptors (Lipinski definition) is 4. The number of rotatable bonds is 4. The summed E-state index contributed by atoms with van der Waals surface area (Å²) in [6.45, 7) is 1.98. The zero-order valence-electron chi connectivity index (χ0n) is 12.1. The lowest BCUT2D eigenvalue weighted by molar-refractivity contribution is 0.0929. The van der Waals surface area contributed by atoms with Gasteiger partial charge in [-0.25, -0.2) is 0 Å². The monoisotopic (exact) mass is 293 g/mol. The molecule has 0 spiro atoms. The van der Waals surface area contributed by atoms with Gasteiger partial charge in [-0.1, -0.05) is 6.07 Å². The summed E-state index contributed by atoms with van der Waals surface area (Å²) in [4.78, 5) is 12.3. The van der Waals surface area contributed by atoms with Gasteiger partial charge in [-0.3, -0.25) is 10.6 Å². The maximum Gasteiger partial charge on any atom is 0.253 e. The van der Waals surface area contributed by atoms with Crippen LogP contribution in [0.15, 0.2) is 18.2 Å². The van der Waals surface area contributed by atoms with Crippen molar-refractivity contribution in [3.8, 4) is 0 Å². The van der Waals surface area contributed by atoms with E-state index in [0.29, 0.717) is 11.3 Å². The van der Waals surface area contributed by atoms with E-state index >= 15 is 0 Å². The Hall–Kier alpha value is -1.20. The molecule has 0 atom stereocenters. The number of anilines is 1. The van der Waals surface area contributed by atoms with Crippen LogP contribution < -0.4 is 16.6 Å². The Balaban J connectivity index is 1.98. The van der Waals surface area contributed by atoms with Crippen LogP contribution in [0.4, 0.5) is 5.69 Å². The molecule has 5 heteroatoms. The van der Waals surface area contributed by atoms with E-state index in [0.717, 1.165) is 23.7 Å². The number of thioether (sulfide) groups is 1. The van der Waals surface area contributed by atoms with E-state index in [1.165, 1.54) is 12.8 Å². The lowest BCUT2D eigenvalue weighted by Gasteiger charge is -2.28. The van der Waals surface area contributed by atoms with Crippen molar-refractivity contribution in [1.82, 2.24) is 5.32 Å². The Labute approximate surface area is 124 Å². The first kappa shape index (κ1) is 15.2. The minimum absolute atomic E-state index is 0.0365. The van der Waals surface area contributed by atoms with Crippen LogP contribution in [0.25, 0.3) is 0 Å². The largest absolute Gasteiger partial charge is 0.349 e. The summed E-state index contributed by atoms with van der Waals surface area (Å²) in [5.74, 6) is 5.46. The summed E-state index contributed by atoms with van der Waals surface area (Å²) < 4.78 is 0. The second-order valence-corrected chi connectivity index (χ2v) is 6.51. The van der Waals surface area contributed by atoms with E-state index in [9.17, 15) is 4.79 Å². The molecule has 0 aromatic heterocycles. The molecule has 0 heterocycles. The third-order valence-corrected chi connectivity index (χ3v) is 5.06. The van der Waals surface area contributed by atoms with Crippen LogP contribution >= 0.6 is 11.8 Å². The molecule has 4 N–H and O–H groups in total. The fourth-order valence-electron chi connectivity index (χ4n) is 2.68. The molecule has 1 aliphatic carbocycles. The molecule has 110 valence electrons. The van der Waals surface area contributed by atoms with Crippen LogP contribution in [0.5, 0.6) is 0 Å². The average Bonchev–Trinajstić information content (AvgIpc) is 2.47. The highest BCUT2D eigenvalue weighted by molar-refractivity contribution is 7.99. The summed E-state index contributed by atoms with van der Waals surface area (Å²) in [6.07, 6.45) is 6.65. The van der Waals surface area contributed by atoms with Crippen molar-refractivity contribution in [2.45, 2.75) is 43.9 Å². The fraction of sp³-hybridized carbons (Fsp3) is 0.533. The van der Waals surface area contributed by atoms with Gasteiger partial charge in [-0.05, 0) is 56.6 Å². The van der Waals surface area contributed by atoms with Gasteiger partial charge in [0.05, 0.1) is 11.3 Å². The first-order valence-electron chi connectivity index (χ1n) is 7.05. The lowest BCUT2D eigenvalue weighted by atomic mass is 9.94. The van der Waals surface area contributed by atoms with E-state index in [2.05, 4.69) is 17.0 Å². The smallest absolute Gasteiger partial charge is 0.253 e. The second kappa shape index (κ2) is 6.99. The van der Waals surface area contributed by atoms with Crippen molar-refractivity contribution < 1.29 is 4.79 Å². The second-order valence-electron chi connectivity index (χ2n) is 5.38. The molecule has 1 aliphatic rings. The van der Waals surface area contributed by atoms with E-state index < -0.39 is 0 Å². The van der Waals surface area contributed by atoms with Gasteiger partial charge in [0.2, 0.25) is 0 Å². The number of benzene rings is 1. The summed E-state index contributed by atoms with van der Waals surface area (Å²) in [6, 6.07) is 5.94. The van der Waals surface area contributed by atoms with Gasteiger partial charge in [-0.15, -0.1) is 0 Å². The minimum Gasteiger partial charge on any atom is -0.349 e. The molecule has 0 bridgehead atoms. The number of amides is 1. The first-order valence-corrected chi connectivity index (χ1v) is 8.33. The summed E-state index contributed by atoms with van der Waals surface area (Å²) in [7, 11) is 0. The Morgan fingerprint density at radius 3 is 2.60 bits per heavy atom. The third kappa shape index (κ3) is 3.67. The quantitative estimate of drug-likeness (QED) is 0.590. The van der Waals surface area contributed by atoms with Crippen molar-refractivity contribution in [2.75, 3.05) is 11.7 Å². The molecule has 0 radical (unpaired) electrons. The zero-order chi connectivity index (χ0) is 14.5. The molecule has 2 rings (SSSR count). The number of carbonyl (C=O) groups is 1. The summed E-state index contributed by atoms with van der Waals surface area (Å²) in [5, 5.41) is 3.88. The Morgan fingerprint density at radius 1 is 1.30 bits per heavy atom. The van der Waals surface area contributed by atoms with Gasteiger partial charge in [0.1, 0.15) is 0 Å². The van der Waals surface area contributed by atoms with Crippen molar-refractivity contribution in [1.29, 1.82) is 0 Å². The van der Waals surface area contributed by atoms with Crippen LogP contribution in [0, 0.1) is 6.92 Å². The average molecular weight is 293 g/mol. The summed E-state index contributed by atoms with van der Waals surface area (Å²) in [5.41, 5.74) is 4.98. The number of hydrazine groups is 1. The predicted octanol–water partition coefficient (Wildman–Crippen LogP) is 2.68. The molecule has 1 amide bonds. The highest BCUT2D eigenvalue weighted by Gasteiger charge is 2.22. The molecule has 20 heavy (non-hydrogen) atoms. The van der Waals surface area contributed by atoms with Gasteiger partial charge in [0.25, 0.3) is 5.91 Å². The Morgan fingerprint density at radius 2 is 2.00 bits per heavy atom. The molecular formula is C15H23N3OS. The topological polar surface area (TPSA) is 67.2 Å². The maximum absolute atomic E-state index is 12.3. The standard InChI is InChI=1S/C15H23N3OS/c1-10-3-8-13(14(9-10)18-16)15(19)17-11-4-6-12(20-2)7-5-11/h3,8-9,11-12,18H,4-7,16H2,1-2H3,(H,17,19). The van der Waals surface area contributed by atoms with Crippen molar-refractivity contribution in [3.63, 3.8) is 0 Å². The van der Waals surface area contributed by atoms with Gasteiger partial charge in [0.15, 0.2) is 0 Å². The maximum atomic E-state index is 12.3. The zero-order valence-corrected chi connectivity index (χ0v) is 12.9. The fourth-order valence-corrected chi connectivity index (χ4v) is 3.43. The molecule has 4 nitrogen and oxygen atoms in total. The minimum atomic E-state index is -0.0365. The van der Waals surface area contributed by atoms with E-state index in [1.807, 2.05) is 36.9 Å². The number of nitrogen functional groups attached to an aromatic ring is 1. The molecule has 0 saturated heterocycles. The van der Waals surface area contributed by atoms with E-state index in [4.69, 9.17) is 5.84 Å². The number of nitrogens with two attached hydrogens (primary N) is 1. The molecule has 1 aromatic carbocycles. The van der Waals surface area contributed by atoms with Crippen LogP contribution in [-0.2, 0) is 0 Å². The van der Waals surface area contributed by atoms with E-state index in [-0.39, 0.29) is 11.9 Å². The predicted molar refractivity (Wildman–Crippen MR) is 86.0 cm³/mol. The van der Waals surface area contributed by atoms with Crippen LogP contribution in [0.1, 0.15) is 41.6 Å². The lowest BCUT2D eigenvalue weighted by Crippen LogP contribution is -2.38. The van der Waals surface area contributed by atoms with Crippen LogP contribution in [-0.4, -0.2) is 23.5 Å². The SMILES string of the molecule is CSC1CCC(NC(=O)c2ccc(C)cc2NN)CC1. The molecule has 1 saturated carbocycles. The van der Waals surface area contributed by atoms with Gasteiger partial charge in [0, 0.05) is 11.3 Å². The highest BCUT2D eigenvalue weighted by atomic mass is 32.2. The first-order chi connectivity index (χ1) is 9.63. The third-order valence-electron chi connectivity index (χ3n) is 3.92. The number of nitrogens with one attached hydrogen (secondary N) is 2. The van der Waals surface area contributed by atoms with Gasteiger partial charge >= 0.3 is 0 Å². The van der Waals surface area contributed by atoms with E-state index in [1.54, 1.807) is 0 Å². The molecule has 1 fully saturated rings. The Bertz CT molecular complexity index is 470. The van der Waals surface area contributed by atoms with Gasteiger partial charge < -0.3 is 10.7 Å². The van der Waals surface area contributed by atoms with Crippen molar-refractivity contribution in [3.05, 3.63) is 29.3 Å². The molecule has 0 unspecified atom stereocenters. The normalized spacial score (nSPS) is 22.4.